The Labute approximate surface area is 174 Å². The highest BCUT2D eigenvalue weighted by molar-refractivity contribution is 5.94. The number of aromatic nitrogens is 4. The molecular weight excluding hydrogens is 388 g/mol. The van der Waals surface area contributed by atoms with Gasteiger partial charge in [0, 0.05) is 30.2 Å². The summed E-state index contributed by atoms with van der Waals surface area (Å²) in [6.07, 6.45) is 9.24. The number of fused-ring (bicyclic) bond motifs is 1. The van der Waals surface area contributed by atoms with Crippen LogP contribution in [0.4, 0.5) is 0 Å². The molecule has 4 rings (SSSR count). The molecule has 3 N–H and O–H groups in total. The molecule has 2 aromatic rings. The number of aromatic amines is 1. The number of aryl methyl sites for hydroxylation is 1. The zero-order valence-corrected chi connectivity index (χ0v) is 16.8. The molecule has 2 aromatic heterocycles. The van der Waals surface area contributed by atoms with Gasteiger partial charge in [0.2, 0.25) is 0 Å². The lowest BCUT2D eigenvalue weighted by molar-refractivity contribution is -0.0324. The third-order valence-corrected chi connectivity index (χ3v) is 5.53. The van der Waals surface area contributed by atoms with Crippen LogP contribution in [0, 0.1) is 0 Å². The molecule has 10 nitrogen and oxygen atoms in total. The van der Waals surface area contributed by atoms with Gasteiger partial charge in [-0.25, -0.2) is 4.98 Å². The van der Waals surface area contributed by atoms with Gasteiger partial charge in [-0.15, -0.1) is 0 Å². The van der Waals surface area contributed by atoms with Crippen molar-refractivity contribution in [1.29, 1.82) is 0 Å². The molecule has 0 spiro atoms. The molecule has 0 radical (unpaired) electrons. The molecule has 10 heteroatoms. The second kappa shape index (κ2) is 8.88. The Balaban J connectivity index is 1.45. The van der Waals surface area contributed by atoms with Gasteiger partial charge < -0.3 is 20.1 Å². The standard InChI is InChI=1S/C20H26N6O4/c27-18(16-10-21-6-7-22-16)23-11-20(29)12-26(8-9-30-13-20)19(28)17-14-4-2-1-3-5-15(14)24-25-17/h6-7,10,29H,1-5,8-9,11-13H2,(H,23,27)(H,24,25)/t20-/m0/s1. The van der Waals surface area contributed by atoms with Crippen LogP contribution < -0.4 is 5.32 Å². The third kappa shape index (κ3) is 4.49. The number of carbonyl (C=O) groups excluding carboxylic acids is 2. The molecule has 2 aliphatic rings. The van der Waals surface area contributed by atoms with E-state index < -0.39 is 11.5 Å². The Morgan fingerprint density at radius 3 is 2.97 bits per heavy atom. The van der Waals surface area contributed by atoms with Crippen molar-refractivity contribution in [3.05, 3.63) is 41.2 Å². The van der Waals surface area contributed by atoms with Crippen molar-refractivity contribution in [2.24, 2.45) is 0 Å². The topological polar surface area (TPSA) is 133 Å². The van der Waals surface area contributed by atoms with Gasteiger partial charge in [-0.05, 0) is 25.7 Å². The second-order valence-corrected chi connectivity index (χ2v) is 7.87. The summed E-state index contributed by atoms with van der Waals surface area (Å²) in [7, 11) is 0. The number of carbonyl (C=O) groups is 2. The molecule has 0 bridgehead atoms. The summed E-state index contributed by atoms with van der Waals surface area (Å²) in [5, 5.41) is 21.0. The molecule has 2 amide bonds. The van der Waals surface area contributed by atoms with E-state index in [0.717, 1.165) is 43.4 Å². The number of H-pyrrole nitrogens is 1. The maximum absolute atomic E-state index is 13.2. The zero-order chi connectivity index (χ0) is 21.0. The van der Waals surface area contributed by atoms with Crippen LogP contribution in [0.5, 0.6) is 0 Å². The Morgan fingerprint density at radius 1 is 1.27 bits per heavy atom. The molecular formula is C20H26N6O4. The maximum atomic E-state index is 13.2. The number of hydrogen-bond acceptors (Lipinski definition) is 7. The minimum absolute atomic E-state index is 0.0101. The minimum Gasteiger partial charge on any atom is -0.384 e. The SMILES string of the molecule is O=C(NC[C@@]1(O)COCCN(C(=O)c2n[nH]c3c2CCCCC3)C1)c1cnccn1. The van der Waals surface area contributed by atoms with Crippen molar-refractivity contribution in [3.8, 4) is 0 Å². The maximum Gasteiger partial charge on any atom is 0.274 e. The van der Waals surface area contributed by atoms with Crippen molar-refractivity contribution in [3.63, 3.8) is 0 Å². The number of nitrogens with one attached hydrogen (secondary N) is 2. The fourth-order valence-electron chi connectivity index (χ4n) is 3.93. The van der Waals surface area contributed by atoms with Crippen LogP contribution in [-0.4, -0.2) is 80.4 Å². The highest BCUT2D eigenvalue weighted by Gasteiger charge is 2.36. The molecule has 0 aromatic carbocycles. The number of rotatable bonds is 4. The van der Waals surface area contributed by atoms with Crippen molar-refractivity contribution >= 4 is 11.8 Å². The van der Waals surface area contributed by atoms with E-state index in [9.17, 15) is 14.7 Å². The molecule has 1 aliphatic carbocycles. The quantitative estimate of drug-likeness (QED) is 0.604. The summed E-state index contributed by atoms with van der Waals surface area (Å²) in [5.74, 6) is -0.671. The summed E-state index contributed by atoms with van der Waals surface area (Å²) in [6, 6.07) is 0. The van der Waals surface area contributed by atoms with Gasteiger partial charge in [0.1, 0.15) is 11.3 Å². The average Bonchev–Trinajstić information content (AvgIpc) is 2.92. The van der Waals surface area contributed by atoms with Gasteiger partial charge in [-0.2, -0.15) is 5.10 Å². The lowest BCUT2D eigenvalue weighted by Gasteiger charge is -2.30. The number of β-amino-alcohol motifs (C(OH)–C–C–N with tert-alkyl or cyclic N) is 1. The average molecular weight is 414 g/mol. The predicted molar refractivity (Wildman–Crippen MR) is 106 cm³/mol. The van der Waals surface area contributed by atoms with E-state index in [4.69, 9.17) is 4.74 Å². The Bertz CT molecular complexity index is 902. The smallest absolute Gasteiger partial charge is 0.274 e. The highest BCUT2D eigenvalue weighted by atomic mass is 16.5. The molecule has 0 saturated carbocycles. The monoisotopic (exact) mass is 414 g/mol. The molecule has 1 fully saturated rings. The molecule has 30 heavy (non-hydrogen) atoms. The van der Waals surface area contributed by atoms with Gasteiger partial charge in [0.15, 0.2) is 5.69 Å². The summed E-state index contributed by atoms with van der Waals surface area (Å²) in [6.45, 7) is 0.620. The summed E-state index contributed by atoms with van der Waals surface area (Å²) < 4.78 is 5.53. The number of aliphatic hydroxyl groups is 1. The van der Waals surface area contributed by atoms with Gasteiger partial charge >= 0.3 is 0 Å². The molecule has 1 saturated heterocycles. The first-order valence-corrected chi connectivity index (χ1v) is 10.3. The first-order valence-electron chi connectivity index (χ1n) is 10.3. The van der Waals surface area contributed by atoms with Crippen LogP contribution in [0.15, 0.2) is 18.6 Å². The van der Waals surface area contributed by atoms with Crippen molar-refractivity contribution in [2.45, 2.75) is 37.7 Å². The summed E-state index contributed by atoms with van der Waals surface area (Å²) in [4.78, 5) is 34.8. The van der Waals surface area contributed by atoms with Crippen LogP contribution >= 0.6 is 0 Å². The first-order chi connectivity index (χ1) is 14.6. The summed E-state index contributed by atoms with van der Waals surface area (Å²) in [5.41, 5.74) is 1.19. The van der Waals surface area contributed by atoms with Gasteiger partial charge in [0.25, 0.3) is 11.8 Å². The predicted octanol–water partition coefficient (Wildman–Crippen LogP) is 0.102. The largest absolute Gasteiger partial charge is 0.384 e. The van der Waals surface area contributed by atoms with Crippen molar-refractivity contribution < 1.29 is 19.4 Å². The molecule has 3 heterocycles. The number of nitrogens with zero attached hydrogens (tertiary/aromatic N) is 4. The summed E-state index contributed by atoms with van der Waals surface area (Å²) >= 11 is 0. The van der Waals surface area contributed by atoms with Crippen molar-refractivity contribution in [2.75, 3.05) is 32.8 Å². The van der Waals surface area contributed by atoms with E-state index in [1.165, 1.54) is 18.6 Å². The van der Waals surface area contributed by atoms with Crippen LogP contribution in [0.1, 0.15) is 51.5 Å². The lowest BCUT2D eigenvalue weighted by Crippen LogP contribution is -2.53. The van der Waals surface area contributed by atoms with Gasteiger partial charge in [-0.1, -0.05) is 6.42 Å². The molecule has 1 aliphatic heterocycles. The van der Waals surface area contributed by atoms with E-state index in [-0.39, 0.29) is 31.3 Å². The van der Waals surface area contributed by atoms with E-state index in [1.807, 2.05) is 0 Å². The Hall–Kier alpha value is -2.85. The third-order valence-electron chi connectivity index (χ3n) is 5.53. The first kappa shape index (κ1) is 20.4. The van der Waals surface area contributed by atoms with Crippen LogP contribution in [0.3, 0.4) is 0 Å². The second-order valence-electron chi connectivity index (χ2n) is 7.87. The fraction of sp³-hybridized carbons (Fsp3) is 0.550. The molecule has 1 atom stereocenters. The number of hydrogen-bond donors (Lipinski definition) is 3. The fourth-order valence-corrected chi connectivity index (χ4v) is 3.93. The van der Waals surface area contributed by atoms with E-state index in [2.05, 4.69) is 25.5 Å². The van der Waals surface area contributed by atoms with Crippen molar-refractivity contribution in [1.82, 2.24) is 30.4 Å². The van der Waals surface area contributed by atoms with Gasteiger partial charge in [-0.3, -0.25) is 19.7 Å². The van der Waals surface area contributed by atoms with E-state index in [0.29, 0.717) is 18.8 Å². The Kier molecular flexibility index (Phi) is 6.05. The van der Waals surface area contributed by atoms with Crippen LogP contribution in [-0.2, 0) is 17.6 Å². The van der Waals surface area contributed by atoms with E-state index >= 15 is 0 Å². The van der Waals surface area contributed by atoms with Gasteiger partial charge in [0.05, 0.1) is 32.5 Å². The lowest BCUT2D eigenvalue weighted by atomic mass is 10.0. The van der Waals surface area contributed by atoms with E-state index in [1.54, 1.807) is 4.90 Å². The molecule has 160 valence electrons. The highest BCUT2D eigenvalue weighted by Crippen LogP contribution is 2.23. The normalized spacial score (nSPS) is 22.0. The Morgan fingerprint density at radius 2 is 2.13 bits per heavy atom. The zero-order valence-electron chi connectivity index (χ0n) is 16.8. The number of ether oxygens (including phenoxy) is 1. The minimum atomic E-state index is -1.42. The van der Waals surface area contributed by atoms with Crippen LogP contribution in [0.2, 0.25) is 0 Å². The molecule has 0 unspecified atom stereocenters. The number of amides is 2. The van der Waals surface area contributed by atoms with Crippen LogP contribution in [0.25, 0.3) is 0 Å².